The number of nitrogens with one attached hydrogen (secondary N) is 1. The summed E-state index contributed by atoms with van der Waals surface area (Å²) in [5.74, 6) is -0.226. The number of halogens is 1. The summed E-state index contributed by atoms with van der Waals surface area (Å²) in [6.07, 6.45) is 4.21. The Labute approximate surface area is 106 Å². The molecule has 1 aromatic carbocycles. The van der Waals surface area contributed by atoms with E-state index >= 15 is 0 Å². The maximum atomic E-state index is 12.7. The van der Waals surface area contributed by atoms with Crippen LogP contribution < -0.4 is 10.1 Å². The lowest BCUT2D eigenvalue weighted by atomic mass is 10.0. The zero-order chi connectivity index (χ0) is 12.8. The molecule has 1 aliphatic heterocycles. The topological polar surface area (TPSA) is 38.3 Å². The first-order valence-corrected chi connectivity index (χ1v) is 6.09. The molecule has 2 rings (SSSR count). The van der Waals surface area contributed by atoms with Gasteiger partial charge in [-0.15, -0.1) is 0 Å². The third-order valence-electron chi connectivity index (χ3n) is 2.85. The summed E-state index contributed by atoms with van der Waals surface area (Å²) in [6.45, 7) is 1.85. The average molecular weight is 249 g/mol. The molecule has 0 bridgehead atoms. The van der Waals surface area contributed by atoms with Crippen LogP contribution in [0.5, 0.6) is 5.75 Å². The molecule has 0 fully saturated rings. The smallest absolute Gasteiger partial charge is 0.311 e. The Balaban J connectivity index is 1.78. The largest absolute Gasteiger partial charge is 0.427 e. The lowest BCUT2D eigenvalue weighted by Gasteiger charge is -2.13. The van der Waals surface area contributed by atoms with E-state index in [4.69, 9.17) is 4.74 Å². The molecule has 0 spiro atoms. The van der Waals surface area contributed by atoms with Gasteiger partial charge in [0.15, 0.2) is 0 Å². The number of hydrogen-bond donors (Lipinski definition) is 1. The fraction of sp³-hybridized carbons (Fsp3) is 0.357. The molecule has 18 heavy (non-hydrogen) atoms. The van der Waals surface area contributed by atoms with Crippen LogP contribution in [0.25, 0.3) is 0 Å². The first-order valence-electron chi connectivity index (χ1n) is 6.09. The van der Waals surface area contributed by atoms with E-state index in [2.05, 4.69) is 11.4 Å². The van der Waals surface area contributed by atoms with Crippen molar-refractivity contribution in [2.24, 2.45) is 0 Å². The lowest BCUT2D eigenvalue weighted by molar-refractivity contribution is -0.134. The minimum atomic E-state index is -0.338. The summed E-state index contributed by atoms with van der Waals surface area (Å²) >= 11 is 0. The van der Waals surface area contributed by atoms with Crippen LogP contribution in [0.2, 0.25) is 0 Å². The normalized spacial score (nSPS) is 15.1. The number of benzene rings is 1. The molecule has 0 atom stereocenters. The first-order chi connectivity index (χ1) is 8.74. The van der Waals surface area contributed by atoms with E-state index in [1.54, 1.807) is 0 Å². The van der Waals surface area contributed by atoms with Crippen LogP contribution >= 0.6 is 0 Å². The van der Waals surface area contributed by atoms with Gasteiger partial charge in [-0.05, 0) is 43.7 Å². The van der Waals surface area contributed by atoms with Gasteiger partial charge in [0.2, 0.25) is 0 Å². The molecule has 0 saturated heterocycles. The highest BCUT2D eigenvalue weighted by Crippen LogP contribution is 2.15. The maximum Gasteiger partial charge on any atom is 0.311 e. The summed E-state index contributed by atoms with van der Waals surface area (Å²) in [6, 6.07) is 5.46. The van der Waals surface area contributed by atoms with Crippen LogP contribution in [0.1, 0.15) is 19.3 Å². The highest BCUT2D eigenvalue weighted by atomic mass is 19.1. The van der Waals surface area contributed by atoms with Crippen molar-refractivity contribution < 1.29 is 13.9 Å². The number of carbonyl (C=O) groups is 1. The van der Waals surface area contributed by atoms with Crippen LogP contribution in [0.4, 0.5) is 4.39 Å². The van der Waals surface area contributed by atoms with E-state index in [0.717, 1.165) is 25.9 Å². The van der Waals surface area contributed by atoms with E-state index in [1.165, 1.54) is 29.8 Å². The van der Waals surface area contributed by atoms with Gasteiger partial charge >= 0.3 is 5.97 Å². The molecule has 1 aromatic rings. The molecule has 0 radical (unpaired) electrons. The summed E-state index contributed by atoms with van der Waals surface area (Å²) in [5.41, 5.74) is 1.30. The number of esters is 1. The summed E-state index contributed by atoms with van der Waals surface area (Å²) < 4.78 is 17.8. The van der Waals surface area contributed by atoms with E-state index in [1.807, 2.05) is 0 Å². The number of hydrogen-bond acceptors (Lipinski definition) is 3. The molecule has 0 unspecified atom stereocenters. The first kappa shape index (κ1) is 12.8. The Hall–Kier alpha value is -1.68. The van der Waals surface area contributed by atoms with Crippen LogP contribution in [0, 0.1) is 5.82 Å². The zero-order valence-corrected chi connectivity index (χ0v) is 10.1. The number of rotatable bonds is 4. The molecule has 96 valence electrons. The quantitative estimate of drug-likeness (QED) is 0.506. The predicted octanol–water partition coefficient (Wildman–Crippen LogP) is 2.43. The average Bonchev–Trinajstić information content (AvgIpc) is 2.40. The van der Waals surface area contributed by atoms with Crippen LogP contribution in [-0.2, 0) is 4.79 Å². The molecule has 4 heteroatoms. The fourth-order valence-corrected chi connectivity index (χ4v) is 1.84. The lowest BCUT2D eigenvalue weighted by Crippen LogP contribution is -2.21. The van der Waals surface area contributed by atoms with E-state index < -0.39 is 0 Å². The molecule has 1 N–H and O–H groups in total. The van der Waals surface area contributed by atoms with Gasteiger partial charge in [-0.25, -0.2) is 4.39 Å². The van der Waals surface area contributed by atoms with Gasteiger partial charge in [0.25, 0.3) is 0 Å². The van der Waals surface area contributed by atoms with Crippen molar-refractivity contribution in [3.8, 4) is 5.75 Å². The fourth-order valence-electron chi connectivity index (χ4n) is 1.84. The van der Waals surface area contributed by atoms with Crippen molar-refractivity contribution >= 4 is 5.97 Å². The van der Waals surface area contributed by atoms with Gasteiger partial charge in [-0.3, -0.25) is 4.79 Å². The molecular formula is C14H16FNO2. The third kappa shape index (κ3) is 3.96. The number of ether oxygens (including phenoxy) is 1. The third-order valence-corrected chi connectivity index (χ3v) is 2.85. The van der Waals surface area contributed by atoms with Gasteiger partial charge in [-0.2, -0.15) is 0 Å². The second kappa shape index (κ2) is 6.31. The highest BCUT2D eigenvalue weighted by molar-refractivity contribution is 5.72. The molecule has 0 aliphatic carbocycles. The van der Waals surface area contributed by atoms with Gasteiger partial charge in [0.1, 0.15) is 11.6 Å². The van der Waals surface area contributed by atoms with E-state index in [9.17, 15) is 9.18 Å². The van der Waals surface area contributed by atoms with Gasteiger partial charge in [0, 0.05) is 13.0 Å². The van der Waals surface area contributed by atoms with Crippen LogP contribution in [0.15, 0.2) is 35.9 Å². The zero-order valence-electron chi connectivity index (χ0n) is 10.1. The van der Waals surface area contributed by atoms with Crippen molar-refractivity contribution in [3.05, 3.63) is 41.7 Å². The van der Waals surface area contributed by atoms with Crippen molar-refractivity contribution in [2.45, 2.75) is 19.3 Å². The maximum absolute atomic E-state index is 12.7. The standard InChI is InChI=1S/C14H16FNO2/c15-12-2-4-13(5-3-12)18-14(17)6-1-11-7-9-16-10-8-11/h2-5,7,16H,1,6,8-10H2. The highest BCUT2D eigenvalue weighted by Gasteiger charge is 2.08. The SMILES string of the molecule is O=C(CCC1=CCNCC1)Oc1ccc(F)cc1. The Morgan fingerprint density at radius 1 is 1.33 bits per heavy atom. The van der Waals surface area contributed by atoms with Crippen LogP contribution in [-0.4, -0.2) is 19.1 Å². The van der Waals surface area contributed by atoms with Gasteiger partial charge in [-0.1, -0.05) is 11.6 Å². The Morgan fingerprint density at radius 2 is 2.11 bits per heavy atom. The Kier molecular flexibility index (Phi) is 4.47. The monoisotopic (exact) mass is 249 g/mol. The summed E-state index contributed by atoms with van der Waals surface area (Å²) in [7, 11) is 0. The molecule has 0 aromatic heterocycles. The summed E-state index contributed by atoms with van der Waals surface area (Å²) in [4.78, 5) is 11.6. The van der Waals surface area contributed by atoms with Crippen molar-refractivity contribution in [2.75, 3.05) is 13.1 Å². The predicted molar refractivity (Wildman–Crippen MR) is 66.8 cm³/mol. The van der Waals surface area contributed by atoms with Gasteiger partial charge in [0.05, 0.1) is 0 Å². The molecule has 1 aliphatic rings. The second-order valence-corrected chi connectivity index (χ2v) is 4.24. The molecule has 1 heterocycles. The second-order valence-electron chi connectivity index (χ2n) is 4.24. The van der Waals surface area contributed by atoms with E-state index in [0.29, 0.717) is 12.2 Å². The minimum absolute atomic E-state index is 0.277. The summed E-state index contributed by atoms with van der Waals surface area (Å²) in [5, 5.41) is 3.22. The molecular weight excluding hydrogens is 233 g/mol. The van der Waals surface area contributed by atoms with Gasteiger partial charge < -0.3 is 10.1 Å². The molecule has 0 saturated carbocycles. The van der Waals surface area contributed by atoms with Crippen molar-refractivity contribution in [1.82, 2.24) is 5.32 Å². The molecule has 3 nitrogen and oxygen atoms in total. The number of carbonyl (C=O) groups excluding carboxylic acids is 1. The Bertz CT molecular complexity index is 440. The van der Waals surface area contributed by atoms with Crippen molar-refractivity contribution in [3.63, 3.8) is 0 Å². The Morgan fingerprint density at radius 3 is 2.78 bits per heavy atom. The molecule has 0 amide bonds. The van der Waals surface area contributed by atoms with Crippen molar-refractivity contribution in [1.29, 1.82) is 0 Å². The minimum Gasteiger partial charge on any atom is -0.427 e. The van der Waals surface area contributed by atoms with Crippen LogP contribution in [0.3, 0.4) is 0 Å². The van der Waals surface area contributed by atoms with E-state index in [-0.39, 0.29) is 11.8 Å².